The van der Waals surface area contributed by atoms with Crippen LogP contribution < -0.4 is 14.8 Å². The summed E-state index contributed by atoms with van der Waals surface area (Å²) in [6.07, 6.45) is 0. The standard InChI is InChI=1S/C16H14ClF2NO3/c1-3-23-15-11(17)6-9(7-14(15)22-2)16(21)20-13-5-4-10(18)8-12(13)19/h4-8H,3H2,1-2H3,(H,20,21). The second-order valence-electron chi connectivity index (χ2n) is 4.50. The van der Waals surface area contributed by atoms with Gasteiger partial charge in [-0.15, -0.1) is 0 Å². The van der Waals surface area contributed by atoms with Crippen molar-refractivity contribution in [3.8, 4) is 11.5 Å². The molecular formula is C16H14ClF2NO3. The summed E-state index contributed by atoms with van der Waals surface area (Å²) in [5.41, 5.74) is 0.0133. The van der Waals surface area contributed by atoms with E-state index in [0.717, 1.165) is 12.1 Å². The summed E-state index contributed by atoms with van der Waals surface area (Å²) in [5.74, 6) is -1.61. The third kappa shape index (κ3) is 3.90. The fourth-order valence-electron chi connectivity index (χ4n) is 1.92. The van der Waals surface area contributed by atoms with Crippen molar-refractivity contribution in [3.05, 3.63) is 52.6 Å². The molecule has 0 fully saturated rings. The lowest BCUT2D eigenvalue weighted by Gasteiger charge is -2.13. The van der Waals surface area contributed by atoms with Crippen LogP contribution in [0.1, 0.15) is 17.3 Å². The largest absolute Gasteiger partial charge is 0.493 e. The van der Waals surface area contributed by atoms with Crippen LogP contribution in [0.15, 0.2) is 30.3 Å². The molecule has 2 aromatic rings. The highest BCUT2D eigenvalue weighted by Crippen LogP contribution is 2.36. The summed E-state index contributed by atoms with van der Waals surface area (Å²) in [6.45, 7) is 2.16. The second kappa shape index (κ2) is 7.28. The number of carbonyl (C=O) groups excluding carboxylic acids is 1. The third-order valence-corrected chi connectivity index (χ3v) is 3.24. The lowest BCUT2D eigenvalue weighted by Crippen LogP contribution is -2.13. The van der Waals surface area contributed by atoms with Crippen LogP contribution >= 0.6 is 11.6 Å². The van der Waals surface area contributed by atoms with Gasteiger partial charge in [0, 0.05) is 11.6 Å². The van der Waals surface area contributed by atoms with E-state index in [1.54, 1.807) is 6.92 Å². The summed E-state index contributed by atoms with van der Waals surface area (Å²) in [6, 6.07) is 5.67. The Kier molecular flexibility index (Phi) is 5.39. The molecule has 23 heavy (non-hydrogen) atoms. The van der Waals surface area contributed by atoms with Gasteiger partial charge in [-0.05, 0) is 31.2 Å². The van der Waals surface area contributed by atoms with Gasteiger partial charge in [-0.1, -0.05) is 11.6 Å². The highest BCUT2D eigenvalue weighted by Gasteiger charge is 2.17. The first-order valence-corrected chi connectivity index (χ1v) is 7.10. The smallest absolute Gasteiger partial charge is 0.255 e. The van der Waals surface area contributed by atoms with Crippen molar-refractivity contribution < 1.29 is 23.0 Å². The van der Waals surface area contributed by atoms with Crippen molar-refractivity contribution >= 4 is 23.2 Å². The van der Waals surface area contributed by atoms with E-state index >= 15 is 0 Å². The quantitative estimate of drug-likeness (QED) is 0.883. The Hall–Kier alpha value is -2.34. The first-order chi connectivity index (χ1) is 11.0. The highest BCUT2D eigenvalue weighted by molar-refractivity contribution is 6.32. The molecule has 0 spiro atoms. The predicted molar refractivity (Wildman–Crippen MR) is 83.5 cm³/mol. The lowest BCUT2D eigenvalue weighted by molar-refractivity contribution is 0.102. The molecule has 0 heterocycles. The molecule has 1 amide bonds. The molecule has 0 unspecified atom stereocenters. The Morgan fingerprint density at radius 3 is 2.61 bits per heavy atom. The second-order valence-corrected chi connectivity index (χ2v) is 4.91. The number of hydrogen-bond donors (Lipinski definition) is 1. The zero-order valence-electron chi connectivity index (χ0n) is 12.5. The van der Waals surface area contributed by atoms with Crippen LogP contribution in [0.2, 0.25) is 5.02 Å². The fraction of sp³-hybridized carbons (Fsp3) is 0.188. The maximum absolute atomic E-state index is 13.6. The maximum Gasteiger partial charge on any atom is 0.255 e. The Labute approximate surface area is 137 Å². The van der Waals surface area contributed by atoms with Crippen LogP contribution in [0.25, 0.3) is 0 Å². The average Bonchev–Trinajstić information content (AvgIpc) is 2.51. The summed E-state index contributed by atoms with van der Waals surface area (Å²) in [7, 11) is 1.41. The maximum atomic E-state index is 13.6. The SMILES string of the molecule is CCOc1c(Cl)cc(C(=O)Nc2ccc(F)cc2F)cc1OC. The van der Waals surface area contributed by atoms with E-state index in [9.17, 15) is 13.6 Å². The van der Waals surface area contributed by atoms with Crippen LogP contribution in [0.5, 0.6) is 11.5 Å². The molecule has 0 aromatic heterocycles. The molecule has 0 radical (unpaired) electrons. The van der Waals surface area contributed by atoms with Crippen molar-refractivity contribution in [2.75, 3.05) is 19.0 Å². The third-order valence-electron chi connectivity index (χ3n) is 2.96. The van der Waals surface area contributed by atoms with Crippen molar-refractivity contribution in [1.29, 1.82) is 0 Å². The zero-order valence-corrected chi connectivity index (χ0v) is 13.2. The van der Waals surface area contributed by atoms with E-state index in [4.69, 9.17) is 21.1 Å². The van der Waals surface area contributed by atoms with Gasteiger partial charge in [0.1, 0.15) is 11.6 Å². The molecule has 4 nitrogen and oxygen atoms in total. The molecule has 0 bridgehead atoms. The highest BCUT2D eigenvalue weighted by atomic mass is 35.5. The van der Waals surface area contributed by atoms with Crippen LogP contribution in [-0.2, 0) is 0 Å². The number of halogens is 3. The van der Waals surface area contributed by atoms with E-state index < -0.39 is 17.5 Å². The van der Waals surface area contributed by atoms with E-state index in [2.05, 4.69) is 5.32 Å². The molecule has 7 heteroatoms. The Bertz CT molecular complexity index is 738. The minimum Gasteiger partial charge on any atom is -0.493 e. The van der Waals surface area contributed by atoms with Crippen LogP contribution in [0.3, 0.4) is 0 Å². The number of rotatable bonds is 5. The number of hydrogen-bond acceptors (Lipinski definition) is 3. The zero-order chi connectivity index (χ0) is 17.0. The van der Waals surface area contributed by atoms with Crippen LogP contribution in [-0.4, -0.2) is 19.6 Å². The summed E-state index contributed by atoms with van der Waals surface area (Å²) >= 11 is 6.08. The minimum atomic E-state index is -0.873. The Balaban J connectivity index is 2.30. The number of benzene rings is 2. The number of ether oxygens (including phenoxy) is 2. The molecule has 0 saturated carbocycles. The molecule has 2 rings (SSSR count). The van der Waals surface area contributed by atoms with Crippen molar-refractivity contribution in [2.45, 2.75) is 6.92 Å². The van der Waals surface area contributed by atoms with Gasteiger partial charge in [-0.25, -0.2) is 8.78 Å². The Morgan fingerprint density at radius 2 is 2.00 bits per heavy atom. The first kappa shape index (κ1) is 17.0. The van der Waals surface area contributed by atoms with Gasteiger partial charge in [0.2, 0.25) is 0 Å². The van der Waals surface area contributed by atoms with Crippen molar-refractivity contribution in [3.63, 3.8) is 0 Å². The van der Waals surface area contributed by atoms with Gasteiger partial charge < -0.3 is 14.8 Å². The molecule has 2 aromatic carbocycles. The molecule has 0 atom stereocenters. The number of methoxy groups -OCH3 is 1. The molecule has 0 aliphatic rings. The molecule has 1 N–H and O–H groups in total. The van der Waals surface area contributed by atoms with Gasteiger partial charge in [0.25, 0.3) is 5.91 Å². The van der Waals surface area contributed by atoms with Crippen molar-refractivity contribution in [1.82, 2.24) is 0 Å². The minimum absolute atomic E-state index is 0.139. The number of amides is 1. The molecule has 0 aliphatic heterocycles. The normalized spacial score (nSPS) is 10.3. The number of anilines is 1. The van der Waals surface area contributed by atoms with Crippen LogP contribution in [0.4, 0.5) is 14.5 Å². The topological polar surface area (TPSA) is 47.6 Å². The van der Waals surface area contributed by atoms with E-state index in [1.165, 1.54) is 19.2 Å². The van der Waals surface area contributed by atoms with E-state index in [0.29, 0.717) is 18.4 Å². The molecular weight excluding hydrogens is 328 g/mol. The summed E-state index contributed by atoms with van der Waals surface area (Å²) in [4.78, 5) is 12.2. The first-order valence-electron chi connectivity index (χ1n) is 6.73. The average molecular weight is 342 g/mol. The van der Waals surface area contributed by atoms with Gasteiger partial charge in [0.15, 0.2) is 11.5 Å². The van der Waals surface area contributed by atoms with Crippen molar-refractivity contribution in [2.24, 2.45) is 0 Å². The van der Waals surface area contributed by atoms with Crippen LogP contribution in [0, 0.1) is 11.6 Å². The van der Waals surface area contributed by atoms with Gasteiger partial charge in [0.05, 0.1) is 24.4 Å². The van der Waals surface area contributed by atoms with Gasteiger partial charge in [-0.2, -0.15) is 0 Å². The fourth-order valence-corrected chi connectivity index (χ4v) is 2.19. The monoisotopic (exact) mass is 341 g/mol. The molecule has 0 aliphatic carbocycles. The number of carbonyl (C=O) groups is 1. The summed E-state index contributed by atoms with van der Waals surface area (Å²) < 4.78 is 37.0. The van der Waals surface area contributed by atoms with E-state index in [1.807, 2.05) is 0 Å². The van der Waals surface area contributed by atoms with Gasteiger partial charge >= 0.3 is 0 Å². The molecule has 122 valence electrons. The summed E-state index contributed by atoms with van der Waals surface area (Å²) in [5, 5.41) is 2.54. The predicted octanol–water partition coefficient (Wildman–Crippen LogP) is 4.28. The Morgan fingerprint density at radius 1 is 1.26 bits per heavy atom. The van der Waals surface area contributed by atoms with E-state index in [-0.39, 0.29) is 22.0 Å². The van der Waals surface area contributed by atoms with Gasteiger partial charge in [-0.3, -0.25) is 4.79 Å². The molecule has 0 saturated heterocycles. The lowest BCUT2D eigenvalue weighted by atomic mass is 10.1. The number of nitrogens with one attached hydrogen (secondary N) is 1.